The Morgan fingerprint density at radius 1 is 1.03 bits per heavy atom. The van der Waals surface area contributed by atoms with Crippen LogP contribution in [0.15, 0.2) is 60.9 Å². The number of para-hydroxylation sites is 1. The van der Waals surface area contributed by atoms with E-state index in [1.807, 2.05) is 53.4 Å². The van der Waals surface area contributed by atoms with E-state index in [9.17, 15) is 4.79 Å². The van der Waals surface area contributed by atoms with Crippen LogP contribution in [0.3, 0.4) is 0 Å². The first-order valence-electron chi connectivity index (χ1n) is 10.5. The van der Waals surface area contributed by atoms with Gasteiger partial charge in [-0.3, -0.25) is 14.8 Å². The largest absolute Gasteiger partial charge is 0.497 e. The summed E-state index contributed by atoms with van der Waals surface area (Å²) in [4.78, 5) is 24.3. The van der Waals surface area contributed by atoms with Crippen molar-refractivity contribution in [2.75, 3.05) is 27.3 Å². The Bertz CT molecular complexity index is 1040. The van der Waals surface area contributed by atoms with Crippen molar-refractivity contribution in [3.63, 3.8) is 0 Å². The van der Waals surface area contributed by atoms with Gasteiger partial charge in [-0.25, -0.2) is 0 Å². The van der Waals surface area contributed by atoms with E-state index in [2.05, 4.69) is 9.97 Å². The second-order valence-electron chi connectivity index (χ2n) is 7.69. The number of likely N-dealkylation sites (tertiary alicyclic amines) is 1. The molecule has 0 saturated carbocycles. The number of hydrogen-bond acceptors (Lipinski definition) is 5. The fourth-order valence-corrected chi connectivity index (χ4v) is 4.15. The minimum atomic E-state index is 0.137. The first-order valence-corrected chi connectivity index (χ1v) is 10.5. The number of amides is 1. The van der Waals surface area contributed by atoms with Crippen LogP contribution in [-0.2, 0) is 11.2 Å². The van der Waals surface area contributed by atoms with E-state index in [0.717, 1.165) is 53.4 Å². The van der Waals surface area contributed by atoms with Crippen LogP contribution >= 0.6 is 0 Å². The van der Waals surface area contributed by atoms with Gasteiger partial charge >= 0.3 is 0 Å². The number of benzene rings is 2. The predicted octanol–water partition coefficient (Wildman–Crippen LogP) is 4.11. The molecule has 31 heavy (non-hydrogen) atoms. The quantitative estimate of drug-likeness (QED) is 0.604. The molecule has 160 valence electrons. The fraction of sp³-hybridized carbons (Fsp3) is 0.320. The van der Waals surface area contributed by atoms with Gasteiger partial charge in [-0.15, -0.1) is 0 Å². The smallest absolute Gasteiger partial charge is 0.227 e. The SMILES string of the molecule is COc1ccc(CC(=O)N2CCCC(c3nccnc3-c3ccccc3OC)C2)cc1. The maximum absolute atomic E-state index is 13.0. The fourth-order valence-electron chi connectivity index (χ4n) is 4.15. The zero-order chi connectivity index (χ0) is 21.6. The molecule has 0 bridgehead atoms. The van der Waals surface area contributed by atoms with Crippen molar-refractivity contribution in [1.82, 2.24) is 14.9 Å². The van der Waals surface area contributed by atoms with E-state index in [-0.39, 0.29) is 11.8 Å². The maximum atomic E-state index is 13.0. The number of carbonyl (C=O) groups is 1. The molecule has 0 N–H and O–H groups in total. The highest BCUT2D eigenvalue weighted by molar-refractivity contribution is 5.79. The highest BCUT2D eigenvalue weighted by atomic mass is 16.5. The van der Waals surface area contributed by atoms with Crippen molar-refractivity contribution in [1.29, 1.82) is 0 Å². The Hall–Kier alpha value is -3.41. The van der Waals surface area contributed by atoms with E-state index in [4.69, 9.17) is 9.47 Å². The van der Waals surface area contributed by atoms with Gasteiger partial charge in [0.05, 0.1) is 32.0 Å². The molecule has 2 aromatic carbocycles. The summed E-state index contributed by atoms with van der Waals surface area (Å²) in [5.41, 5.74) is 3.67. The number of carbonyl (C=O) groups excluding carboxylic acids is 1. The van der Waals surface area contributed by atoms with E-state index >= 15 is 0 Å². The lowest BCUT2D eigenvalue weighted by Gasteiger charge is -2.33. The molecule has 0 radical (unpaired) electrons. The van der Waals surface area contributed by atoms with Crippen molar-refractivity contribution in [3.8, 4) is 22.8 Å². The number of methoxy groups -OCH3 is 2. The molecule has 0 aliphatic carbocycles. The van der Waals surface area contributed by atoms with Crippen LogP contribution < -0.4 is 9.47 Å². The van der Waals surface area contributed by atoms with Gasteiger partial charge in [0.2, 0.25) is 5.91 Å². The zero-order valence-electron chi connectivity index (χ0n) is 18.0. The van der Waals surface area contributed by atoms with Gasteiger partial charge in [0.25, 0.3) is 0 Å². The van der Waals surface area contributed by atoms with E-state index in [0.29, 0.717) is 13.0 Å². The van der Waals surface area contributed by atoms with Gasteiger partial charge in [-0.2, -0.15) is 0 Å². The van der Waals surface area contributed by atoms with Gasteiger partial charge < -0.3 is 14.4 Å². The molecule has 1 amide bonds. The predicted molar refractivity (Wildman–Crippen MR) is 119 cm³/mol. The van der Waals surface area contributed by atoms with Crippen molar-refractivity contribution in [3.05, 3.63) is 72.2 Å². The number of piperidine rings is 1. The standard InChI is InChI=1S/C25H27N3O3/c1-30-20-11-9-18(10-12-20)16-23(29)28-15-5-6-19(17-28)24-25(27-14-13-26-24)21-7-3-4-8-22(21)31-2/h3-4,7-14,19H,5-6,15-17H2,1-2H3. The van der Waals surface area contributed by atoms with Crippen LogP contribution in [0.4, 0.5) is 0 Å². The number of ether oxygens (including phenoxy) is 2. The lowest BCUT2D eigenvalue weighted by Crippen LogP contribution is -2.40. The highest BCUT2D eigenvalue weighted by Crippen LogP contribution is 2.35. The summed E-state index contributed by atoms with van der Waals surface area (Å²) < 4.78 is 10.7. The first kappa shape index (κ1) is 20.8. The number of hydrogen-bond donors (Lipinski definition) is 0. The summed E-state index contributed by atoms with van der Waals surface area (Å²) in [6.07, 6.45) is 5.75. The Labute approximate surface area is 182 Å². The minimum absolute atomic E-state index is 0.137. The molecule has 1 aliphatic rings. The van der Waals surface area contributed by atoms with Crippen molar-refractivity contribution in [2.24, 2.45) is 0 Å². The van der Waals surface area contributed by atoms with Crippen LogP contribution in [0.1, 0.15) is 30.0 Å². The monoisotopic (exact) mass is 417 g/mol. The molecule has 2 heterocycles. The molecule has 3 aromatic rings. The molecule has 6 nitrogen and oxygen atoms in total. The van der Waals surface area contributed by atoms with Gasteiger partial charge in [-0.05, 0) is 42.7 Å². The van der Waals surface area contributed by atoms with E-state index in [1.165, 1.54) is 0 Å². The van der Waals surface area contributed by atoms with Crippen LogP contribution in [0.2, 0.25) is 0 Å². The van der Waals surface area contributed by atoms with Crippen molar-refractivity contribution in [2.45, 2.75) is 25.2 Å². The Morgan fingerprint density at radius 2 is 1.81 bits per heavy atom. The molecule has 1 aliphatic heterocycles. The molecule has 1 atom stereocenters. The third kappa shape index (κ3) is 4.68. The molecule has 4 rings (SSSR count). The molecular weight excluding hydrogens is 390 g/mol. The van der Waals surface area contributed by atoms with Crippen LogP contribution in [-0.4, -0.2) is 48.1 Å². The summed E-state index contributed by atoms with van der Waals surface area (Å²) in [5, 5.41) is 0. The van der Waals surface area contributed by atoms with Crippen LogP contribution in [0.5, 0.6) is 11.5 Å². The van der Waals surface area contributed by atoms with Gasteiger partial charge in [0.1, 0.15) is 11.5 Å². The number of nitrogens with zero attached hydrogens (tertiary/aromatic N) is 3. The Morgan fingerprint density at radius 3 is 2.58 bits per heavy atom. The molecule has 1 unspecified atom stereocenters. The lowest BCUT2D eigenvalue weighted by molar-refractivity contribution is -0.131. The maximum Gasteiger partial charge on any atom is 0.227 e. The normalized spacial score (nSPS) is 16.1. The molecule has 6 heteroatoms. The average Bonchev–Trinajstić information content (AvgIpc) is 2.84. The molecule has 0 spiro atoms. The van der Waals surface area contributed by atoms with Crippen molar-refractivity contribution < 1.29 is 14.3 Å². The van der Waals surface area contributed by atoms with Crippen molar-refractivity contribution >= 4 is 5.91 Å². The topological polar surface area (TPSA) is 64.5 Å². The van der Waals surface area contributed by atoms with Gasteiger partial charge in [-0.1, -0.05) is 24.3 Å². The van der Waals surface area contributed by atoms with Crippen LogP contribution in [0, 0.1) is 0 Å². The minimum Gasteiger partial charge on any atom is -0.497 e. The number of aromatic nitrogens is 2. The molecule has 1 fully saturated rings. The first-order chi connectivity index (χ1) is 15.2. The molecular formula is C25H27N3O3. The second kappa shape index (κ2) is 9.60. The average molecular weight is 418 g/mol. The van der Waals surface area contributed by atoms with E-state index in [1.54, 1.807) is 26.6 Å². The molecule has 1 aromatic heterocycles. The van der Waals surface area contributed by atoms with E-state index < -0.39 is 0 Å². The third-order valence-corrected chi connectivity index (χ3v) is 5.76. The third-order valence-electron chi connectivity index (χ3n) is 5.76. The van der Waals surface area contributed by atoms with Gasteiger partial charge in [0.15, 0.2) is 0 Å². The van der Waals surface area contributed by atoms with Crippen LogP contribution in [0.25, 0.3) is 11.3 Å². The lowest BCUT2D eigenvalue weighted by atomic mass is 9.91. The Kier molecular flexibility index (Phi) is 6.46. The summed E-state index contributed by atoms with van der Waals surface area (Å²) in [6.45, 7) is 1.42. The summed E-state index contributed by atoms with van der Waals surface area (Å²) in [5.74, 6) is 1.84. The number of rotatable bonds is 6. The second-order valence-corrected chi connectivity index (χ2v) is 7.69. The zero-order valence-corrected chi connectivity index (χ0v) is 18.0. The molecule has 1 saturated heterocycles. The summed E-state index contributed by atoms with van der Waals surface area (Å²) in [7, 11) is 3.30. The summed E-state index contributed by atoms with van der Waals surface area (Å²) in [6, 6.07) is 15.5. The summed E-state index contributed by atoms with van der Waals surface area (Å²) >= 11 is 0. The van der Waals surface area contributed by atoms with Gasteiger partial charge in [0, 0.05) is 37.0 Å². The Balaban J connectivity index is 1.53. The highest BCUT2D eigenvalue weighted by Gasteiger charge is 2.28.